The third kappa shape index (κ3) is 8.19. The van der Waals surface area contributed by atoms with Crippen LogP contribution in [-0.4, -0.2) is 40.2 Å². The Morgan fingerprint density at radius 3 is 2.48 bits per heavy atom. The number of amides is 2. The monoisotopic (exact) mass is 662 g/mol. The quantitative estimate of drug-likeness (QED) is 0.193. The van der Waals surface area contributed by atoms with Gasteiger partial charge >= 0.3 is 6.09 Å². The van der Waals surface area contributed by atoms with Crippen molar-refractivity contribution in [3.63, 3.8) is 0 Å². The second-order valence-corrected chi connectivity index (χ2v) is 11.9. The Morgan fingerprint density at radius 1 is 1.10 bits per heavy atom. The second kappa shape index (κ2) is 13.1. The lowest BCUT2D eigenvalue weighted by molar-refractivity contribution is 0.0523. The first-order valence-corrected chi connectivity index (χ1v) is 14.2. The van der Waals surface area contributed by atoms with E-state index >= 15 is 0 Å². The average Bonchev–Trinajstić information content (AvgIpc) is 3.21. The molecule has 2 amide bonds. The Balaban J connectivity index is 1.61. The van der Waals surface area contributed by atoms with E-state index in [-0.39, 0.29) is 17.9 Å². The van der Waals surface area contributed by atoms with E-state index in [0.29, 0.717) is 34.0 Å². The van der Waals surface area contributed by atoms with Crippen LogP contribution in [0.1, 0.15) is 48.1 Å². The SMILES string of the molecule is Cn1c(Cc2cc(CNC(=O)OC(C)(C)C)ccc2Cl)nc2cc(C(=O)Nc3ccc(Br)cc3)c(OCC(F)F)cc21. The van der Waals surface area contributed by atoms with E-state index in [1.807, 2.05) is 6.07 Å². The number of benzene rings is 3. The molecule has 1 heterocycles. The van der Waals surface area contributed by atoms with E-state index in [1.165, 1.54) is 12.1 Å². The second-order valence-electron chi connectivity index (χ2n) is 10.5. The lowest BCUT2D eigenvalue weighted by Crippen LogP contribution is -2.32. The summed E-state index contributed by atoms with van der Waals surface area (Å²) in [6, 6.07) is 15.4. The number of halogens is 4. The van der Waals surface area contributed by atoms with E-state index in [2.05, 4.69) is 26.6 Å². The molecular formula is C30H30BrClF2N4O4. The number of alkyl halides is 2. The van der Waals surface area contributed by atoms with E-state index in [4.69, 9.17) is 26.1 Å². The maximum Gasteiger partial charge on any atom is 0.407 e. The van der Waals surface area contributed by atoms with Crippen LogP contribution >= 0.6 is 27.5 Å². The number of carbonyl (C=O) groups excluding carboxylic acids is 2. The Morgan fingerprint density at radius 2 is 1.81 bits per heavy atom. The highest BCUT2D eigenvalue weighted by atomic mass is 79.9. The van der Waals surface area contributed by atoms with Crippen LogP contribution in [0, 0.1) is 0 Å². The molecule has 2 N–H and O–H groups in total. The summed E-state index contributed by atoms with van der Waals surface area (Å²) in [5.41, 5.74) is 2.64. The highest BCUT2D eigenvalue weighted by Gasteiger charge is 2.20. The summed E-state index contributed by atoms with van der Waals surface area (Å²) < 4.78 is 39.3. The summed E-state index contributed by atoms with van der Waals surface area (Å²) in [7, 11) is 1.78. The molecule has 0 aliphatic carbocycles. The molecule has 0 atom stereocenters. The lowest BCUT2D eigenvalue weighted by atomic mass is 10.1. The van der Waals surface area contributed by atoms with Gasteiger partial charge in [-0.15, -0.1) is 0 Å². The molecule has 1 aromatic heterocycles. The molecule has 0 saturated carbocycles. The van der Waals surface area contributed by atoms with Crippen LogP contribution in [0.3, 0.4) is 0 Å². The van der Waals surface area contributed by atoms with Crippen molar-refractivity contribution in [3.8, 4) is 5.75 Å². The molecule has 3 aromatic carbocycles. The fourth-order valence-corrected chi connectivity index (χ4v) is 4.59. The Labute approximate surface area is 255 Å². The van der Waals surface area contributed by atoms with Gasteiger partial charge < -0.3 is 24.7 Å². The number of aromatic nitrogens is 2. The predicted octanol–water partition coefficient (Wildman–Crippen LogP) is 7.50. The number of anilines is 1. The molecule has 0 saturated heterocycles. The maximum atomic E-state index is 13.2. The molecule has 0 aliphatic heterocycles. The molecule has 222 valence electrons. The van der Waals surface area contributed by atoms with Crippen LogP contribution in [0.5, 0.6) is 5.75 Å². The smallest absolute Gasteiger partial charge is 0.407 e. The van der Waals surface area contributed by atoms with Gasteiger partial charge in [0.1, 0.15) is 23.8 Å². The topological polar surface area (TPSA) is 94.5 Å². The van der Waals surface area contributed by atoms with E-state index in [9.17, 15) is 18.4 Å². The number of hydrogen-bond acceptors (Lipinski definition) is 5. The van der Waals surface area contributed by atoms with Gasteiger partial charge in [-0.3, -0.25) is 4.79 Å². The maximum absolute atomic E-state index is 13.2. The van der Waals surface area contributed by atoms with Crippen LogP contribution in [0.2, 0.25) is 5.02 Å². The highest BCUT2D eigenvalue weighted by molar-refractivity contribution is 9.10. The number of ether oxygens (including phenoxy) is 2. The molecule has 42 heavy (non-hydrogen) atoms. The van der Waals surface area contributed by atoms with Gasteiger partial charge in [-0.1, -0.05) is 39.7 Å². The summed E-state index contributed by atoms with van der Waals surface area (Å²) in [6.45, 7) is 4.73. The number of nitrogens with one attached hydrogen (secondary N) is 2. The Kier molecular flexibility index (Phi) is 9.73. The van der Waals surface area contributed by atoms with Crippen LogP contribution in [-0.2, 0) is 24.8 Å². The average molecular weight is 664 g/mol. The molecule has 0 aliphatic rings. The van der Waals surface area contributed by atoms with Crippen LogP contribution in [0.25, 0.3) is 11.0 Å². The third-order valence-corrected chi connectivity index (χ3v) is 6.98. The first kappa shape index (κ1) is 31.2. The van der Waals surface area contributed by atoms with Crippen molar-refractivity contribution in [3.05, 3.63) is 86.6 Å². The number of alkyl carbamates (subject to hydrolysis) is 1. The van der Waals surface area contributed by atoms with Crippen LogP contribution in [0.15, 0.2) is 59.1 Å². The summed E-state index contributed by atoms with van der Waals surface area (Å²) >= 11 is 9.85. The molecule has 0 spiro atoms. The number of rotatable bonds is 9. The van der Waals surface area contributed by atoms with Gasteiger partial charge in [0.15, 0.2) is 0 Å². The molecule has 4 aromatic rings. The van der Waals surface area contributed by atoms with Gasteiger partial charge in [-0.25, -0.2) is 18.6 Å². The summed E-state index contributed by atoms with van der Waals surface area (Å²) in [4.78, 5) is 30.0. The zero-order valence-corrected chi connectivity index (χ0v) is 25.8. The molecule has 12 heteroatoms. The molecule has 8 nitrogen and oxygen atoms in total. The first-order valence-electron chi connectivity index (χ1n) is 13.0. The standard InChI is InChI=1S/C30H30BrClF2N4O4/c1-30(2,3)42-29(40)35-15-17-5-10-22(32)18(11-17)12-27-37-23-13-21(28(39)36-20-8-6-19(31)7-9-20)25(41-16-26(33)34)14-24(23)38(27)4/h5-11,13-14,26H,12,15-16H2,1-4H3,(H,35,40)(H,36,39). The highest BCUT2D eigenvalue weighted by Crippen LogP contribution is 2.30. The molecule has 0 bridgehead atoms. The van der Waals surface area contributed by atoms with E-state index in [0.717, 1.165) is 15.6 Å². The van der Waals surface area contributed by atoms with Crippen LogP contribution in [0.4, 0.5) is 19.3 Å². The van der Waals surface area contributed by atoms with Crippen molar-refractivity contribution in [2.45, 2.75) is 45.8 Å². The number of fused-ring (bicyclic) bond motifs is 1. The molecule has 0 radical (unpaired) electrons. The molecule has 0 unspecified atom stereocenters. The van der Waals surface area contributed by atoms with Gasteiger partial charge in [0.2, 0.25) is 0 Å². The predicted molar refractivity (Wildman–Crippen MR) is 162 cm³/mol. The van der Waals surface area contributed by atoms with Gasteiger partial charge in [0.25, 0.3) is 12.3 Å². The van der Waals surface area contributed by atoms with Crippen molar-refractivity contribution in [2.75, 3.05) is 11.9 Å². The zero-order valence-electron chi connectivity index (χ0n) is 23.4. The van der Waals surface area contributed by atoms with Crippen molar-refractivity contribution in [1.29, 1.82) is 0 Å². The fraction of sp³-hybridized carbons (Fsp3) is 0.300. The molecule has 0 fully saturated rings. The summed E-state index contributed by atoms with van der Waals surface area (Å²) in [5, 5.41) is 6.01. The molecular weight excluding hydrogens is 634 g/mol. The number of aryl methyl sites for hydroxylation is 1. The normalized spacial score (nSPS) is 11.5. The van der Waals surface area contributed by atoms with Crippen molar-refractivity contribution in [2.24, 2.45) is 7.05 Å². The van der Waals surface area contributed by atoms with Crippen LogP contribution < -0.4 is 15.4 Å². The first-order chi connectivity index (χ1) is 19.8. The summed E-state index contributed by atoms with van der Waals surface area (Å²) in [6.07, 6.45) is -2.92. The largest absolute Gasteiger partial charge is 0.487 e. The van der Waals surface area contributed by atoms with Crippen molar-refractivity contribution in [1.82, 2.24) is 14.9 Å². The fourth-order valence-electron chi connectivity index (χ4n) is 4.14. The van der Waals surface area contributed by atoms with E-state index < -0.39 is 30.6 Å². The van der Waals surface area contributed by atoms with Crippen molar-refractivity contribution < 1.29 is 27.8 Å². The van der Waals surface area contributed by atoms with Gasteiger partial charge in [0, 0.05) is 41.3 Å². The Hall–Kier alpha value is -3.70. The number of nitrogens with zero attached hydrogens (tertiary/aromatic N) is 2. The number of imidazole rings is 1. The van der Waals surface area contributed by atoms with Crippen molar-refractivity contribution >= 4 is 56.3 Å². The third-order valence-electron chi connectivity index (χ3n) is 6.08. The minimum atomic E-state index is -2.72. The minimum absolute atomic E-state index is 0.0141. The Bertz CT molecular complexity index is 1600. The van der Waals surface area contributed by atoms with Gasteiger partial charge in [0.05, 0.1) is 16.6 Å². The van der Waals surface area contributed by atoms with Gasteiger partial charge in [-0.05, 0) is 68.3 Å². The number of hydrogen-bond donors (Lipinski definition) is 2. The number of carbonyl (C=O) groups is 2. The van der Waals surface area contributed by atoms with Gasteiger partial charge in [-0.2, -0.15) is 0 Å². The van der Waals surface area contributed by atoms with E-state index in [1.54, 1.807) is 68.8 Å². The minimum Gasteiger partial charge on any atom is -0.487 e. The molecule has 4 rings (SSSR count). The summed E-state index contributed by atoms with van der Waals surface area (Å²) in [5.74, 6) is 0.110. The lowest BCUT2D eigenvalue weighted by Gasteiger charge is -2.19. The zero-order chi connectivity index (χ0) is 30.6.